The summed E-state index contributed by atoms with van der Waals surface area (Å²) >= 11 is 0. The number of benzene rings is 1. The van der Waals surface area contributed by atoms with Crippen LogP contribution in [0.1, 0.15) is 15.9 Å². The summed E-state index contributed by atoms with van der Waals surface area (Å²) in [5, 5.41) is 1.07. The molecule has 2 heteroatoms. The summed E-state index contributed by atoms with van der Waals surface area (Å²) < 4.78 is 0. The van der Waals surface area contributed by atoms with Gasteiger partial charge in [0.25, 0.3) is 0 Å². The van der Waals surface area contributed by atoms with Crippen LogP contribution >= 0.6 is 0 Å². The van der Waals surface area contributed by atoms with Crippen LogP contribution in [0.2, 0.25) is 0 Å². The van der Waals surface area contributed by atoms with Crippen molar-refractivity contribution in [3.63, 3.8) is 0 Å². The minimum absolute atomic E-state index is 0.714. The van der Waals surface area contributed by atoms with Gasteiger partial charge in [0.2, 0.25) is 0 Å². The van der Waals surface area contributed by atoms with Crippen molar-refractivity contribution >= 4 is 17.2 Å². The second-order valence-electron chi connectivity index (χ2n) is 2.97. The average molecular weight is 171 g/mol. The summed E-state index contributed by atoms with van der Waals surface area (Å²) in [5.74, 6) is 0. The molecule has 0 aliphatic heterocycles. The molecule has 0 amide bonds. The van der Waals surface area contributed by atoms with Crippen molar-refractivity contribution < 1.29 is 4.79 Å². The van der Waals surface area contributed by atoms with Crippen LogP contribution in [0.25, 0.3) is 10.9 Å². The van der Waals surface area contributed by atoms with E-state index in [2.05, 4.69) is 4.98 Å². The summed E-state index contributed by atoms with van der Waals surface area (Å²) in [6.07, 6.45) is 2.60. The maximum atomic E-state index is 10.6. The van der Waals surface area contributed by atoms with Gasteiger partial charge in [0.1, 0.15) is 6.29 Å². The van der Waals surface area contributed by atoms with Crippen molar-refractivity contribution in [2.24, 2.45) is 0 Å². The molecule has 0 aliphatic carbocycles. The highest BCUT2D eigenvalue weighted by Gasteiger charge is 2.01. The van der Waals surface area contributed by atoms with Gasteiger partial charge in [0.05, 0.1) is 5.52 Å². The van der Waals surface area contributed by atoms with Gasteiger partial charge >= 0.3 is 0 Å². The van der Waals surface area contributed by atoms with E-state index in [1.165, 1.54) is 0 Å². The third-order valence-electron chi connectivity index (χ3n) is 2.20. The van der Waals surface area contributed by atoms with Crippen molar-refractivity contribution in [2.75, 3.05) is 0 Å². The van der Waals surface area contributed by atoms with Crippen LogP contribution in [0.5, 0.6) is 0 Å². The summed E-state index contributed by atoms with van der Waals surface area (Å²) in [7, 11) is 0. The van der Waals surface area contributed by atoms with E-state index >= 15 is 0 Å². The normalized spacial score (nSPS) is 10.2. The second kappa shape index (κ2) is 2.98. The Bertz CT molecular complexity index is 463. The fraction of sp³-hybridized carbons (Fsp3) is 0.0909. The highest BCUT2D eigenvalue weighted by atomic mass is 16.1. The third kappa shape index (κ3) is 1.20. The van der Waals surface area contributed by atoms with Gasteiger partial charge in [-0.05, 0) is 18.6 Å². The van der Waals surface area contributed by atoms with Gasteiger partial charge in [0.15, 0.2) is 0 Å². The lowest BCUT2D eigenvalue weighted by atomic mass is 10.1. The fourth-order valence-corrected chi connectivity index (χ4v) is 1.43. The number of aldehydes is 1. The lowest BCUT2D eigenvalue weighted by molar-refractivity contribution is 0.112. The molecule has 2 rings (SSSR count). The Morgan fingerprint density at radius 2 is 2.15 bits per heavy atom. The number of carbonyl (C=O) groups excluding carboxylic acids is 1. The first-order chi connectivity index (χ1) is 6.33. The molecule has 2 aromatic rings. The number of hydrogen-bond donors (Lipinski definition) is 0. The van der Waals surface area contributed by atoms with Gasteiger partial charge in [-0.2, -0.15) is 0 Å². The Morgan fingerprint density at radius 1 is 1.31 bits per heavy atom. The molecule has 0 saturated heterocycles. The zero-order valence-electron chi connectivity index (χ0n) is 7.32. The summed E-state index contributed by atoms with van der Waals surface area (Å²) in [5.41, 5.74) is 2.58. The quantitative estimate of drug-likeness (QED) is 0.616. The number of fused-ring (bicyclic) bond motifs is 1. The van der Waals surface area contributed by atoms with Crippen molar-refractivity contribution in [1.29, 1.82) is 0 Å². The first kappa shape index (κ1) is 7.92. The highest BCUT2D eigenvalue weighted by molar-refractivity contribution is 5.90. The summed E-state index contributed by atoms with van der Waals surface area (Å²) in [4.78, 5) is 14.9. The summed E-state index contributed by atoms with van der Waals surface area (Å²) in [6.45, 7) is 1.92. The van der Waals surface area contributed by atoms with Crippen molar-refractivity contribution in [1.82, 2.24) is 4.98 Å². The molecule has 0 radical (unpaired) electrons. The Morgan fingerprint density at radius 3 is 2.92 bits per heavy atom. The van der Waals surface area contributed by atoms with E-state index < -0.39 is 0 Å². The number of hydrogen-bond acceptors (Lipinski definition) is 2. The molecule has 1 aromatic carbocycles. The van der Waals surface area contributed by atoms with Crippen LogP contribution in [-0.2, 0) is 0 Å². The molecule has 0 bridgehead atoms. The van der Waals surface area contributed by atoms with E-state index in [1.54, 1.807) is 6.20 Å². The minimum atomic E-state index is 0.714. The number of aromatic nitrogens is 1. The van der Waals surface area contributed by atoms with Crippen molar-refractivity contribution in [3.8, 4) is 0 Å². The number of aryl methyl sites for hydroxylation is 1. The Hall–Kier alpha value is -1.70. The topological polar surface area (TPSA) is 30.0 Å². The van der Waals surface area contributed by atoms with Crippen LogP contribution in [0.3, 0.4) is 0 Å². The molecule has 1 heterocycles. The van der Waals surface area contributed by atoms with E-state index in [9.17, 15) is 4.79 Å². The monoisotopic (exact) mass is 171 g/mol. The molecule has 0 unspecified atom stereocenters. The molecular weight excluding hydrogens is 162 g/mol. The third-order valence-corrected chi connectivity index (χ3v) is 2.20. The lowest BCUT2D eigenvalue weighted by Gasteiger charge is -2.02. The first-order valence-electron chi connectivity index (χ1n) is 4.12. The molecule has 13 heavy (non-hydrogen) atoms. The molecule has 0 atom stereocenters. The molecule has 2 nitrogen and oxygen atoms in total. The van der Waals surface area contributed by atoms with E-state index in [-0.39, 0.29) is 0 Å². The largest absolute Gasteiger partial charge is 0.298 e. The SMILES string of the molecule is Cc1c(C=O)ccc2cccnc12. The predicted octanol–water partition coefficient (Wildman–Crippen LogP) is 2.36. The van der Waals surface area contributed by atoms with Gasteiger partial charge < -0.3 is 0 Å². The number of rotatable bonds is 1. The molecule has 64 valence electrons. The maximum absolute atomic E-state index is 10.6. The highest BCUT2D eigenvalue weighted by Crippen LogP contribution is 2.17. The van der Waals surface area contributed by atoms with E-state index in [0.29, 0.717) is 5.56 Å². The predicted molar refractivity (Wildman–Crippen MR) is 51.9 cm³/mol. The Kier molecular flexibility index (Phi) is 1.81. The zero-order chi connectivity index (χ0) is 9.26. The van der Waals surface area contributed by atoms with E-state index in [0.717, 1.165) is 22.8 Å². The molecule has 0 aliphatic rings. The molecule has 0 spiro atoms. The standard InChI is InChI=1S/C11H9NO/c1-8-10(7-13)5-4-9-3-2-6-12-11(8)9/h2-7H,1H3. The van der Waals surface area contributed by atoms with Gasteiger partial charge in [-0.3, -0.25) is 9.78 Å². The van der Waals surface area contributed by atoms with Crippen LogP contribution in [-0.4, -0.2) is 11.3 Å². The molecule has 1 aromatic heterocycles. The van der Waals surface area contributed by atoms with Gasteiger partial charge in [-0.1, -0.05) is 18.2 Å². The Balaban J connectivity index is 2.86. The molecule has 0 saturated carbocycles. The van der Waals surface area contributed by atoms with E-state index in [1.807, 2.05) is 31.2 Å². The van der Waals surface area contributed by atoms with Crippen molar-refractivity contribution in [3.05, 3.63) is 41.6 Å². The van der Waals surface area contributed by atoms with Gasteiger partial charge in [-0.25, -0.2) is 0 Å². The Labute approximate surface area is 76.2 Å². The smallest absolute Gasteiger partial charge is 0.150 e. The van der Waals surface area contributed by atoms with Crippen LogP contribution in [0, 0.1) is 6.92 Å². The number of nitrogens with zero attached hydrogens (tertiary/aromatic N) is 1. The number of pyridine rings is 1. The van der Waals surface area contributed by atoms with Gasteiger partial charge in [-0.15, -0.1) is 0 Å². The first-order valence-corrected chi connectivity index (χ1v) is 4.12. The maximum Gasteiger partial charge on any atom is 0.150 e. The lowest BCUT2D eigenvalue weighted by Crippen LogP contribution is -1.89. The molecule has 0 fully saturated rings. The average Bonchev–Trinajstić information content (AvgIpc) is 2.19. The van der Waals surface area contributed by atoms with Crippen LogP contribution in [0.4, 0.5) is 0 Å². The zero-order valence-corrected chi connectivity index (χ0v) is 7.32. The fourth-order valence-electron chi connectivity index (χ4n) is 1.43. The second-order valence-corrected chi connectivity index (χ2v) is 2.97. The van der Waals surface area contributed by atoms with E-state index in [4.69, 9.17) is 0 Å². The minimum Gasteiger partial charge on any atom is -0.298 e. The summed E-state index contributed by atoms with van der Waals surface area (Å²) in [6, 6.07) is 7.62. The van der Waals surface area contributed by atoms with Crippen LogP contribution < -0.4 is 0 Å². The van der Waals surface area contributed by atoms with Crippen molar-refractivity contribution in [2.45, 2.75) is 6.92 Å². The molecule has 0 N–H and O–H groups in total. The van der Waals surface area contributed by atoms with Crippen LogP contribution in [0.15, 0.2) is 30.5 Å². The number of carbonyl (C=O) groups is 1. The van der Waals surface area contributed by atoms with Gasteiger partial charge in [0, 0.05) is 17.1 Å². The molecular formula is C11H9NO.